The van der Waals surface area contributed by atoms with E-state index < -0.39 is 26.1 Å². The van der Waals surface area contributed by atoms with Crippen LogP contribution in [0, 0.1) is 30.3 Å². The molecule has 14 heteroatoms. The van der Waals surface area contributed by atoms with Crippen LogP contribution in [-0.2, 0) is 0 Å². The van der Waals surface area contributed by atoms with Crippen LogP contribution < -0.4 is 16.2 Å². The Morgan fingerprint density at radius 1 is 0.846 bits per heavy atom. The van der Waals surface area contributed by atoms with Gasteiger partial charge in [0.05, 0.1) is 32.3 Å². The van der Waals surface area contributed by atoms with Crippen LogP contribution in [-0.4, -0.2) is 31.4 Å². The third-order valence-corrected chi connectivity index (χ3v) is 6.35. The van der Waals surface area contributed by atoms with Crippen molar-refractivity contribution in [3.05, 3.63) is 121 Å². The molecule has 0 aromatic heterocycles. The fourth-order valence-electron chi connectivity index (χ4n) is 3.61. The molecule has 39 heavy (non-hydrogen) atoms. The Balaban J connectivity index is 1.63. The first-order valence-electron chi connectivity index (χ1n) is 11.2. The molecule has 0 radical (unpaired) electrons. The minimum Gasteiger partial charge on any atom is -0.281 e. The fourth-order valence-corrected chi connectivity index (χ4v) is 4.32. The zero-order chi connectivity index (χ0) is 27.9. The minimum absolute atomic E-state index is 0.0687. The van der Waals surface area contributed by atoms with E-state index in [2.05, 4.69) is 15.5 Å². The van der Waals surface area contributed by atoms with Gasteiger partial charge in [-0.3, -0.25) is 41.5 Å². The highest BCUT2D eigenvalue weighted by atomic mass is 32.2. The molecule has 4 aromatic carbocycles. The maximum atomic E-state index is 11.5. The van der Waals surface area contributed by atoms with Gasteiger partial charge in [0.1, 0.15) is 11.4 Å². The number of anilines is 1. The summed E-state index contributed by atoms with van der Waals surface area (Å²) in [6, 6.07) is 22.3. The number of thioether (sulfide) groups is 1. The molecular weight excluding hydrogens is 526 g/mol. The highest BCUT2D eigenvalue weighted by molar-refractivity contribution is 8.14. The first kappa shape index (κ1) is 26.7. The molecule has 0 aliphatic rings. The molecule has 4 rings (SSSR count). The lowest BCUT2D eigenvalue weighted by molar-refractivity contribution is -0.393. The lowest BCUT2D eigenvalue weighted by Gasteiger charge is -2.08. The van der Waals surface area contributed by atoms with Gasteiger partial charge >= 0.3 is 10.9 Å². The van der Waals surface area contributed by atoms with E-state index in [0.717, 1.165) is 28.6 Å². The summed E-state index contributed by atoms with van der Waals surface area (Å²) in [4.78, 5) is 34.7. The molecule has 0 heterocycles. The predicted molar refractivity (Wildman–Crippen MR) is 149 cm³/mol. The molecular formula is C25H20N7O6S+. The lowest BCUT2D eigenvalue weighted by atomic mass is 10.1. The van der Waals surface area contributed by atoms with Crippen LogP contribution in [0.1, 0.15) is 5.56 Å². The lowest BCUT2D eigenvalue weighted by Crippen LogP contribution is -2.68. The van der Waals surface area contributed by atoms with Crippen LogP contribution in [0.15, 0.2) is 90.0 Å². The first-order chi connectivity index (χ1) is 18.7. The molecule has 0 bridgehead atoms. The number of nitrogens with zero attached hydrogens (tertiary/aromatic N) is 4. The third kappa shape index (κ3) is 6.50. The van der Waals surface area contributed by atoms with Crippen molar-refractivity contribution in [2.45, 2.75) is 0 Å². The summed E-state index contributed by atoms with van der Waals surface area (Å²) < 4.78 is 0. The highest BCUT2D eigenvalue weighted by Crippen LogP contribution is 2.29. The number of nitrogens with two attached hydrogens (primary N) is 1. The molecule has 0 saturated carbocycles. The van der Waals surface area contributed by atoms with E-state index in [1.165, 1.54) is 42.1 Å². The van der Waals surface area contributed by atoms with Crippen LogP contribution in [0.2, 0.25) is 0 Å². The van der Waals surface area contributed by atoms with E-state index in [4.69, 9.17) is 5.73 Å². The molecule has 0 saturated heterocycles. The summed E-state index contributed by atoms with van der Waals surface area (Å²) in [6.07, 6.45) is 0. The number of hydrogen-bond donors (Lipinski definition) is 3. The zero-order valence-electron chi connectivity index (χ0n) is 20.0. The van der Waals surface area contributed by atoms with Crippen LogP contribution in [0.4, 0.5) is 28.4 Å². The van der Waals surface area contributed by atoms with Crippen molar-refractivity contribution in [2.24, 2.45) is 10.8 Å². The number of amidine groups is 1. The minimum atomic E-state index is -0.759. The van der Waals surface area contributed by atoms with Crippen molar-refractivity contribution in [1.29, 1.82) is 0 Å². The second-order valence-electron chi connectivity index (χ2n) is 7.99. The van der Waals surface area contributed by atoms with Crippen LogP contribution >= 0.6 is 11.8 Å². The summed E-state index contributed by atoms with van der Waals surface area (Å²) in [7, 11) is 0. The maximum Gasteiger partial charge on any atom is 0.307 e. The van der Waals surface area contributed by atoms with Crippen molar-refractivity contribution < 1.29 is 19.8 Å². The van der Waals surface area contributed by atoms with Crippen LogP contribution in [0.3, 0.4) is 0 Å². The molecule has 4 N–H and O–H groups in total. The highest BCUT2D eigenvalue weighted by Gasteiger charge is 2.20. The number of nitro groups is 3. The average Bonchev–Trinajstić information content (AvgIpc) is 2.93. The second-order valence-corrected chi connectivity index (χ2v) is 9.01. The predicted octanol–water partition coefficient (Wildman–Crippen LogP) is 3.84. The third-order valence-electron chi connectivity index (χ3n) is 5.52. The summed E-state index contributed by atoms with van der Waals surface area (Å²) in [5.41, 5.74) is 9.36. The van der Waals surface area contributed by atoms with Gasteiger partial charge in [-0.15, -0.1) is 0 Å². The van der Waals surface area contributed by atoms with Gasteiger partial charge in [0.15, 0.2) is 0 Å². The Bertz CT molecular complexity index is 1630. The Labute approximate surface area is 224 Å². The van der Waals surface area contributed by atoms with Gasteiger partial charge in [0.2, 0.25) is 0 Å². The van der Waals surface area contributed by atoms with Crippen molar-refractivity contribution in [3.63, 3.8) is 0 Å². The number of nitrogens with one attached hydrogen (secondary N) is 2. The van der Waals surface area contributed by atoms with Crippen molar-refractivity contribution in [2.75, 3.05) is 11.2 Å². The summed E-state index contributed by atoms with van der Waals surface area (Å²) >= 11 is 1.20. The van der Waals surface area contributed by atoms with Gasteiger partial charge in [-0.25, -0.2) is 4.99 Å². The van der Waals surface area contributed by atoms with E-state index in [1.807, 2.05) is 42.5 Å². The Morgan fingerprint density at radius 2 is 1.51 bits per heavy atom. The normalized spacial score (nSPS) is 11.8. The number of benzene rings is 4. The summed E-state index contributed by atoms with van der Waals surface area (Å²) in [6.45, 7) is 0. The second kappa shape index (κ2) is 11.8. The summed E-state index contributed by atoms with van der Waals surface area (Å²) in [5.74, 6) is 0.176. The van der Waals surface area contributed by atoms with Crippen LogP contribution in [0.5, 0.6) is 0 Å². The van der Waals surface area contributed by atoms with E-state index in [1.54, 1.807) is 0 Å². The molecule has 0 aliphatic carbocycles. The van der Waals surface area contributed by atoms with Crippen molar-refractivity contribution in [1.82, 2.24) is 0 Å². The molecule has 0 spiro atoms. The van der Waals surface area contributed by atoms with E-state index >= 15 is 0 Å². The average molecular weight is 547 g/mol. The topological polar surface area (TPSA) is 194 Å². The molecule has 0 aliphatic heterocycles. The van der Waals surface area contributed by atoms with Gasteiger partial charge in [0, 0.05) is 23.6 Å². The van der Waals surface area contributed by atoms with Gasteiger partial charge in [-0.2, -0.15) is 5.10 Å². The number of fused-ring (bicyclic) bond motifs is 1. The van der Waals surface area contributed by atoms with E-state index in [9.17, 15) is 30.3 Å². The number of hydrazone groups is 1. The maximum absolute atomic E-state index is 11.5. The number of rotatable bonds is 9. The molecule has 196 valence electrons. The van der Waals surface area contributed by atoms with E-state index in [0.29, 0.717) is 16.4 Å². The summed E-state index contributed by atoms with van der Waals surface area (Å²) in [5, 5.41) is 40.2. The monoisotopic (exact) mass is 546 g/mol. The number of hydrogen-bond acceptors (Lipinski definition) is 9. The van der Waals surface area contributed by atoms with Crippen molar-refractivity contribution >= 4 is 61.9 Å². The SMILES string of the molecule is NC(=[NH+]c1cccc2ccccc12)SC/C(=N\Nc1ccc([N+](=O)[O-])cc1[N+](=O)[O-])c1ccc([N+](=O)[O-])cc1. The van der Waals surface area contributed by atoms with Gasteiger partial charge in [0.25, 0.3) is 11.4 Å². The molecule has 0 fully saturated rings. The van der Waals surface area contributed by atoms with Gasteiger partial charge in [-0.05, 0) is 47.0 Å². The Kier molecular flexibility index (Phi) is 8.06. The van der Waals surface area contributed by atoms with Crippen molar-refractivity contribution in [3.8, 4) is 0 Å². The molecule has 13 nitrogen and oxygen atoms in total. The Morgan fingerprint density at radius 3 is 2.21 bits per heavy atom. The van der Waals surface area contributed by atoms with E-state index in [-0.39, 0.29) is 17.1 Å². The molecule has 0 atom stereocenters. The standard InChI is InChI=1S/C25H19N7O6S/c26-25(27-21-7-3-5-16-4-1-2-6-20(16)21)39-15-23(17-8-10-18(11-9-17)30(33)34)29-28-22-13-12-19(31(35)36)14-24(22)32(37)38/h1-14,28H,15H2,(H2,26,27)/p+1/b29-23+. The molecule has 4 aromatic rings. The van der Waals surface area contributed by atoms with Gasteiger partial charge in [-0.1, -0.05) is 36.4 Å². The largest absolute Gasteiger partial charge is 0.307 e. The quantitative estimate of drug-likeness (QED) is 0.121. The fraction of sp³-hybridized carbons (Fsp3) is 0.0400. The molecule has 0 amide bonds. The number of nitro benzene ring substituents is 3. The molecule has 0 unspecified atom stereocenters. The Hall–Kier alpha value is -5.37. The number of non-ortho nitro benzene ring substituents is 2. The van der Waals surface area contributed by atoms with Gasteiger partial charge < -0.3 is 0 Å². The zero-order valence-corrected chi connectivity index (χ0v) is 20.8. The van der Waals surface area contributed by atoms with Crippen LogP contribution in [0.25, 0.3) is 10.8 Å². The smallest absolute Gasteiger partial charge is 0.281 e. The first-order valence-corrected chi connectivity index (χ1v) is 12.2.